The third-order valence-electron chi connectivity index (χ3n) is 2.68. The van der Waals surface area contributed by atoms with Crippen LogP contribution in [0.15, 0.2) is 22.8 Å². The summed E-state index contributed by atoms with van der Waals surface area (Å²) >= 11 is 0. The van der Waals surface area contributed by atoms with Crippen molar-refractivity contribution in [1.29, 1.82) is 0 Å². The van der Waals surface area contributed by atoms with Gasteiger partial charge < -0.3 is 5.11 Å². The molecule has 1 N–H and O–H groups in total. The smallest absolute Gasteiger partial charge is 0.0647 e. The van der Waals surface area contributed by atoms with Crippen molar-refractivity contribution in [2.75, 3.05) is 6.61 Å². The highest BCUT2D eigenvalue weighted by atomic mass is 16.3. The summed E-state index contributed by atoms with van der Waals surface area (Å²) < 4.78 is 0. The van der Waals surface area contributed by atoms with Gasteiger partial charge in [0.15, 0.2) is 0 Å². The number of aliphatic hydroxyl groups is 1. The number of hydrogen-bond acceptors (Lipinski definition) is 1. The van der Waals surface area contributed by atoms with Gasteiger partial charge in [-0.15, -0.1) is 12.8 Å². The first-order chi connectivity index (χ1) is 6.79. The lowest BCUT2D eigenvalue weighted by molar-refractivity contribution is 0.321. The molecule has 78 valence electrons. The summed E-state index contributed by atoms with van der Waals surface area (Å²) in [7, 11) is 0. The highest BCUT2D eigenvalue weighted by molar-refractivity contribution is 5.35. The minimum Gasteiger partial charge on any atom is -0.392 e. The van der Waals surface area contributed by atoms with Gasteiger partial charge in [0.25, 0.3) is 0 Å². The molecular weight excluding hydrogens is 172 g/mol. The van der Waals surface area contributed by atoms with E-state index >= 15 is 0 Å². The van der Waals surface area contributed by atoms with Crippen molar-refractivity contribution in [3.8, 4) is 12.8 Å². The standard InChI is InChI=1S/C11H18O.C2H2/c1-3-9(2)11-7-5-4-6-10(11)8-12;1-2/h3,12H,4-8H2,1-2H3;1-2H/b9-3-;. The lowest BCUT2D eigenvalue weighted by atomic mass is 9.88. The Morgan fingerprint density at radius 1 is 1.36 bits per heavy atom. The molecule has 1 aliphatic rings. The van der Waals surface area contributed by atoms with Crippen LogP contribution < -0.4 is 0 Å². The van der Waals surface area contributed by atoms with E-state index in [-0.39, 0.29) is 6.61 Å². The summed E-state index contributed by atoms with van der Waals surface area (Å²) in [4.78, 5) is 0. The second-order valence-electron chi connectivity index (χ2n) is 3.42. The van der Waals surface area contributed by atoms with Crippen molar-refractivity contribution < 1.29 is 5.11 Å². The predicted octanol–water partition coefficient (Wildman–Crippen LogP) is 3.06. The van der Waals surface area contributed by atoms with E-state index in [1.54, 1.807) is 0 Å². The number of allylic oxidation sites excluding steroid dienone is 3. The first kappa shape index (κ1) is 13.0. The summed E-state index contributed by atoms with van der Waals surface area (Å²) in [5.41, 5.74) is 4.02. The van der Waals surface area contributed by atoms with Crippen molar-refractivity contribution >= 4 is 0 Å². The van der Waals surface area contributed by atoms with E-state index in [1.165, 1.54) is 29.6 Å². The Kier molecular flexibility index (Phi) is 6.88. The second-order valence-corrected chi connectivity index (χ2v) is 3.42. The Bertz CT molecular complexity index is 243. The van der Waals surface area contributed by atoms with Gasteiger partial charge in [0.1, 0.15) is 0 Å². The zero-order valence-corrected chi connectivity index (χ0v) is 9.21. The molecule has 1 heteroatoms. The predicted molar refractivity (Wildman–Crippen MR) is 61.9 cm³/mol. The molecule has 0 unspecified atom stereocenters. The van der Waals surface area contributed by atoms with Crippen LogP contribution >= 0.6 is 0 Å². The molecule has 0 spiro atoms. The molecule has 0 amide bonds. The first-order valence-electron chi connectivity index (χ1n) is 5.08. The topological polar surface area (TPSA) is 20.2 Å². The summed E-state index contributed by atoms with van der Waals surface area (Å²) in [6, 6.07) is 0. The summed E-state index contributed by atoms with van der Waals surface area (Å²) in [5, 5.41) is 9.12. The third-order valence-corrected chi connectivity index (χ3v) is 2.68. The van der Waals surface area contributed by atoms with Crippen molar-refractivity contribution in [3.63, 3.8) is 0 Å². The van der Waals surface area contributed by atoms with E-state index in [0.717, 1.165) is 12.8 Å². The summed E-state index contributed by atoms with van der Waals surface area (Å²) in [6.45, 7) is 4.45. The molecule has 0 atom stereocenters. The minimum absolute atomic E-state index is 0.251. The third kappa shape index (κ3) is 3.40. The van der Waals surface area contributed by atoms with E-state index in [0.29, 0.717) is 0 Å². The number of terminal acetylenes is 1. The maximum Gasteiger partial charge on any atom is 0.0647 e. The molecule has 14 heavy (non-hydrogen) atoms. The van der Waals surface area contributed by atoms with Crippen LogP contribution in [0, 0.1) is 12.8 Å². The van der Waals surface area contributed by atoms with Gasteiger partial charge in [0.2, 0.25) is 0 Å². The zero-order valence-electron chi connectivity index (χ0n) is 9.21. The molecule has 0 aromatic rings. The van der Waals surface area contributed by atoms with E-state index in [2.05, 4.69) is 32.8 Å². The Morgan fingerprint density at radius 3 is 2.43 bits per heavy atom. The monoisotopic (exact) mass is 192 g/mol. The van der Waals surface area contributed by atoms with Crippen molar-refractivity contribution in [2.24, 2.45) is 0 Å². The summed E-state index contributed by atoms with van der Waals surface area (Å²) in [6.07, 6.45) is 14.9. The van der Waals surface area contributed by atoms with Crippen LogP contribution in [0.4, 0.5) is 0 Å². The van der Waals surface area contributed by atoms with Crippen LogP contribution in [-0.2, 0) is 0 Å². The van der Waals surface area contributed by atoms with Crippen LogP contribution in [0.2, 0.25) is 0 Å². The molecule has 0 aromatic heterocycles. The molecule has 0 heterocycles. The fourth-order valence-corrected chi connectivity index (χ4v) is 1.79. The number of aliphatic hydroxyl groups excluding tert-OH is 1. The Labute approximate surface area is 87.5 Å². The van der Waals surface area contributed by atoms with Crippen LogP contribution in [0.3, 0.4) is 0 Å². The Morgan fingerprint density at radius 2 is 1.93 bits per heavy atom. The molecule has 1 rings (SSSR count). The van der Waals surface area contributed by atoms with Gasteiger partial charge in [0, 0.05) is 0 Å². The average molecular weight is 192 g/mol. The van der Waals surface area contributed by atoms with Crippen molar-refractivity contribution in [2.45, 2.75) is 39.5 Å². The fraction of sp³-hybridized carbons (Fsp3) is 0.538. The van der Waals surface area contributed by atoms with Gasteiger partial charge in [-0.25, -0.2) is 0 Å². The molecule has 0 fully saturated rings. The number of hydrogen-bond donors (Lipinski definition) is 1. The van der Waals surface area contributed by atoms with Crippen LogP contribution in [0.1, 0.15) is 39.5 Å². The molecular formula is C13H20O. The van der Waals surface area contributed by atoms with Crippen molar-refractivity contribution in [3.05, 3.63) is 22.8 Å². The Balaban J connectivity index is 0.000000791. The van der Waals surface area contributed by atoms with E-state index in [4.69, 9.17) is 5.11 Å². The normalized spacial score (nSPS) is 17.4. The van der Waals surface area contributed by atoms with Crippen LogP contribution in [0.5, 0.6) is 0 Å². The minimum atomic E-state index is 0.251. The molecule has 0 radical (unpaired) electrons. The van der Waals surface area contributed by atoms with Gasteiger partial charge in [0.05, 0.1) is 6.61 Å². The fourth-order valence-electron chi connectivity index (χ4n) is 1.79. The van der Waals surface area contributed by atoms with Gasteiger partial charge >= 0.3 is 0 Å². The number of rotatable bonds is 2. The van der Waals surface area contributed by atoms with Gasteiger partial charge in [-0.3, -0.25) is 0 Å². The lowest BCUT2D eigenvalue weighted by Crippen LogP contribution is -2.04. The molecule has 0 bridgehead atoms. The molecule has 0 saturated heterocycles. The Hall–Kier alpha value is -1.00. The SMILES string of the molecule is C#C.C/C=C(/C)C1=C(CO)CCCC1. The van der Waals surface area contributed by atoms with E-state index < -0.39 is 0 Å². The maximum atomic E-state index is 9.12. The van der Waals surface area contributed by atoms with Crippen molar-refractivity contribution in [1.82, 2.24) is 0 Å². The second kappa shape index (κ2) is 7.41. The molecule has 0 aromatic carbocycles. The molecule has 0 saturated carbocycles. The molecule has 1 aliphatic carbocycles. The quantitative estimate of drug-likeness (QED) is 0.667. The average Bonchev–Trinajstić information content (AvgIpc) is 2.30. The zero-order chi connectivity index (χ0) is 11.0. The maximum absolute atomic E-state index is 9.12. The highest BCUT2D eigenvalue weighted by Gasteiger charge is 2.12. The van der Waals surface area contributed by atoms with E-state index in [9.17, 15) is 0 Å². The van der Waals surface area contributed by atoms with Gasteiger partial charge in [-0.2, -0.15) is 0 Å². The molecule has 0 aliphatic heterocycles. The highest BCUT2D eigenvalue weighted by Crippen LogP contribution is 2.29. The lowest BCUT2D eigenvalue weighted by Gasteiger charge is -2.19. The largest absolute Gasteiger partial charge is 0.392 e. The van der Waals surface area contributed by atoms with E-state index in [1.807, 2.05) is 0 Å². The summed E-state index contributed by atoms with van der Waals surface area (Å²) in [5.74, 6) is 0. The molecule has 1 nitrogen and oxygen atoms in total. The first-order valence-corrected chi connectivity index (χ1v) is 5.08. The van der Waals surface area contributed by atoms with Gasteiger partial charge in [-0.05, 0) is 50.7 Å². The van der Waals surface area contributed by atoms with Gasteiger partial charge in [-0.1, -0.05) is 11.6 Å². The van der Waals surface area contributed by atoms with Crippen LogP contribution in [0.25, 0.3) is 0 Å². The van der Waals surface area contributed by atoms with Crippen LogP contribution in [-0.4, -0.2) is 11.7 Å².